The number of nitrogens with one attached hydrogen (secondary N) is 2. The third-order valence-electron chi connectivity index (χ3n) is 1.84. The van der Waals surface area contributed by atoms with Crippen molar-refractivity contribution >= 4 is 18.0 Å². The van der Waals surface area contributed by atoms with Crippen LogP contribution >= 0.6 is 0 Å². The number of pyridine rings is 1. The largest absolute Gasteiger partial charge is 0.353 e. The van der Waals surface area contributed by atoms with Crippen molar-refractivity contribution < 1.29 is 9.59 Å². The summed E-state index contributed by atoms with van der Waals surface area (Å²) in [4.78, 5) is 26.6. The Morgan fingerprint density at radius 3 is 2.78 bits per heavy atom. The first-order chi connectivity index (χ1) is 8.58. The Bertz CT molecular complexity index is 429. The van der Waals surface area contributed by atoms with Gasteiger partial charge in [0.25, 0.3) is 0 Å². The lowest BCUT2D eigenvalue weighted by atomic mass is 10.3. The van der Waals surface area contributed by atoms with Crippen LogP contribution in [0.25, 0.3) is 0 Å². The summed E-state index contributed by atoms with van der Waals surface area (Å²) in [5.41, 5.74) is 2.89. The van der Waals surface area contributed by atoms with Crippen LogP contribution < -0.4 is 10.7 Å². The molecule has 0 spiro atoms. The third kappa shape index (κ3) is 5.74. The topological polar surface area (TPSA) is 83.5 Å². The number of hydrazone groups is 1. The molecule has 6 nitrogen and oxygen atoms in total. The average molecular weight is 248 g/mol. The summed E-state index contributed by atoms with van der Waals surface area (Å²) >= 11 is 0. The first-order valence-corrected chi connectivity index (χ1v) is 5.60. The van der Waals surface area contributed by atoms with Crippen molar-refractivity contribution in [3.63, 3.8) is 0 Å². The SMILES string of the molecule is CC(C)NC(=O)CC(=O)NN=Cc1ccccn1. The molecule has 0 saturated carbocycles. The van der Waals surface area contributed by atoms with Crippen LogP contribution in [0.5, 0.6) is 0 Å². The van der Waals surface area contributed by atoms with Crippen molar-refractivity contribution in [2.45, 2.75) is 26.3 Å². The zero-order chi connectivity index (χ0) is 13.4. The van der Waals surface area contributed by atoms with E-state index in [1.54, 1.807) is 18.3 Å². The fraction of sp³-hybridized carbons (Fsp3) is 0.333. The van der Waals surface area contributed by atoms with Gasteiger partial charge < -0.3 is 5.32 Å². The van der Waals surface area contributed by atoms with Gasteiger partial charge in [0.1, 0.15) is 6.42 Å². The molecule has 1 heterocycles. The highest BCUT2D eigenvalue weighted by atomic mass is 16.2. The minimum atomic E-state index is -0.458. The Balaban J connectivity index is 2.33. The molecule has 1 aromatic heterocycles. The van der Waals surface area contributed by atoms with E-state index in [4.69, 9.17) is 0 Å². The van der Waals surface area contributed by atoms with Gasteiger partial charge in [-0.15, -0.1) is 0 Å². The summed E-state index contributed by atoms with van der Waals surface area (Å²) in [5.74, 6) is -0.782. The van der Waals surface area contributed by atoms with E-state index in [0.717, 1.165) is 0 Å². The zero-order valence-electron chi connectivity index (χ0n) is 10.4. The molecule has 0 aliphatic carbocycles. The molecule has 0 aliphatic heterocycles. The van der Waals surface area contributed by atoms with Gasteiger partial charge in [-0.2, -0.15) is 5.10 Å². The molecule has 6 heteroatoms. The summed E-state index contributed by atoms with van der Waals surface area (Å²) in [7, 11) is 0. The van der Waals surface area contributed by atoms with Crippen molar-refractivity contribution in [3.05, 3.63) is 30.1 Å². The molecule has 0 saturated heterocycles. The molecular weight excluding hydrogens is 232 g/mol. The summed E-state index contributed by atoms with van der Waals surface area (Å²) in [6.45, 7) is 3.66. The Labute approximate surface area is 105 Å². The molecule has 0 atom stereocenters. The second-order valence-corrected chi connectivity index (χ2v) is 3.95. The fourth-order valence-electron chi connectivity index (χ4n) is 1.18. The molecule has 0 radical (unpaired) electrons. The van der Waals surface area contributed by atoms with Crippen LogP contribution in [-0.4, -0.2) is 29.1 Å². The summed E-state index contributed by atoms with van der Waals surface area (Å²) in [6, 6.07) is 5.36. The first-order valence-electron chi connectivity index (χ1n) is 5.60. The highest BCUT2D eigenvalue weighted by Crippen LogP contribution is 1.88. The van der Waals surface area contributed by atoms with Crippen molar-refractivity contribution in [1.82, 2.24) is 15.7 Å². The van der Waals surface area contributed by atoms with Crippen LogP contribution in [0.4, 0.5) is 0 Å². The number of nitrogens with zero attached hydrogens (tertiary/aromatic N) is 2. The maximum absolute atomic E-state index is 11.3. The lowest BCUT2D eigenvalue weighted by Gasteiger charge is -2.06. The number of rotatable bonds is 5. The predicted molar refractivity (Wildman–Crippen MR) is 67.9 cm³/mol. The maximum atomic E-state index is 11.3. The lowest BCUT2D eigenvalue weighted by Crippen LogP contribution is -2.34. The van der Waals surface area contributed by atoms with E-state index < -0.39 is 5.91 Å². The highest BCUT2D eigenvalue weighted by Gasteiger charge is 2.08. The van der Waals surface area contributed by atoms with Crippen LogP contribution in [0, 0.1) is 0 Å². The van der Waals surface area contributed by atoms with Gasteiger partial charge >= 0.3 is 0 Å². The molecule has 2 N–H and O–H groups in total. The van der Waals surface area contributed by atoms with Crippen LogP contribution in [0.15, 0.2) is 29.5 Å². The van der Waals surface area contributed by atoms with Crippen molar-refractivity contribution in [2.75, 3.05) is 0 Å². The second kappa shape index (κ2) is 7.16. The van der Waals surface area contributed by atoms with E-state index >= 15 is 0 Å². The van der Waals surface area contributed by atoms with E-state index in [9.17, 15) is 9.59 Å². The van der Waals surface area contributed by atoms with E-state index in [1.807, 2.05) is 19.9 Å². The lowest BCUT2D eigenvalue weighted by molar-refractivity contribution is -0.129. The molecule has 0 unspecified atom stereocenters. The van der Waals surface area contributed by atoms with Gasteiger partial charge in [-0.25, -0.2) is 5.43 Å². The van der Waals surface area contributed by atoms with E-state index in [-0.39, 0.29) is 18.4 Å². The molecular formula is C12H16N4O2. The standard InChI is InChI=1S/C12H16N4O2/c1-9(2)15-11(17)7-12(18)16-14-8-10-5-3-4-6-13-10/h3-6,8-9H,7H2,1-2H3,(H,15,17)(H,16,18). The Hall–Kier alpha value is -2.24. The monoisotopic (exact) mass is 248 g/mol. The van der Waals surface area contributed by atoms with Gasteiger partial charge in [0.2, 0.25) is 11.8 Å². The maximum Gasteiger partial charge on any atom is 0.249 e. The number of hydrogen-bond acceptors (Lipinski definition) is 4. The quantitative estimate of drug-likeness (QED) is 0.451. The Morgan fingerprint density at radius 2 is 2.17 bits per heavy atom. The first kappa shape index (κ1) is 13.8. The molecule has 18 heavy (non-hydrogen) atoms. The Morgan fingerprint density at radius 1 is 1.39 bits per heavy atom. The average Bonchev–Trinajstić information content (AvgIpc) is 2.29. The molecule has 0 fully saturated rings. The zero-order valence-corrected chi connectivity index (χ0v) is 10.4. The molecule has 1 rings (SSSR count). The van der Waals surface area contributed by atoms with E-state index in [2.05, 4.69) is 20.8 Å². The highest BCUT2D eigenvalue weighted by molar-refractivity contribution is 5.97. The van der Waals surface area contributed by atoms with Gasteiger partial charge in [0, 0.05) is 12.2 Å². The van der Waals surface area contributed by atoms with Crippen molar-refractivity contribution in [3.8, 4) is 0 Å². The number of carbonyl (C=O) groups excluding carboxylic acids is 2. The summed E-state index contributed by atoms with van der Waals surface area (Å²) in [6.07, 6.45) is 2.80. The minimum absolute atomic E-state index is 0.0160. The molecule has 96 valence electrons. The van der Waals surface area contributed by atoms with Gasteiger partial charge in [0.15, 0.2) is 0 Å². The van der Waals surface area contributed by atoms with E-state index in [0.29, 0.717) is 5.69 Å². The van der Waals surface area contributed by atoms with Gasteiger partial charge in [-0.05, 0) is 26.0 Å². The number of amides is 2. The molecule has 0 aromatic carbocycles. The molecule has 2 amide bonds. The van der Waals surface area contributed by atoms with E-state index in [1.165, 1.54) is 6.21 Å². The third-order valence-corrected chi connectivity index (χ3v) is 1.84. The smallest absolute Gasteiger partial charge is 0.249 e. The van der Waals surface area contributed by atoms with Crippen molar-refractivity contribution in [1.29, 1.82) is 0 Å². The van der Waals surface area contributed by atoms with Gasteiger partial charge in [-0.1, -0.05) is 6.07 Å². The van der Waals surface area contributed by atoms with Crippen LogP contribution in [-0.2, 0) is 9.59 Å². The van der Waals surface area contributed by atoms with Crippen molar-refractivity contribution in [2.24, 2.45) is 5.10 Å². The summed E-state index contributed by atoms with van der Waals surface area (Å²) in [5, 5.41) is 6.32. The molecule has 1 aromatic rings. The van der Waals surface area contributed by atoms with Crippen LogP contribution in [0.3, 0.4) is 0 Å². The fourth-order valence-corrected chi connectivity index (χ4v) is 1.18. The predicted octanol–water partition coefficient (Wildman–Crippen LogP) is 0.446. The van der Waals surface area contributed by atoms with Gasteiger partial charge in [-0.3, -0.25) is 14.6 Å². The number of hydrogen-bond donors (Lipinski definition) is 2. The molecule has 0 bridgehead atoms. The minimum Gasteiger partial charge on any atom is -0.353 e. The summed E-state index contributed by atoms with van der Waals surface area (Å²) < 4.78 is 0. The van der Waals surface area contributed by atoms with Crippen LogP contribution in [0.2, 0.25) is 0 Å². The van der Waals surface area contributed by atoms with Crippen LogP contribution in [0.1, 0.15) is 26.0 Å². The van der Waals surface area contributed by atoms with Gasteiger partial charge in [0.05, 0.1) is 11.9 Å². The number of carbonyl (C=O) groups is 2. The second-order valence-electron chi connectivity index (χ2n) is 3.95. The number of aromatic nitrogens is 1. The molecule has 0 aliphatic rings. The Kier molecular flexibility index (Phi) is 5.50. The normalized spacial score (nSPS) is 10.6.